The van der Waals surface area contributed by atoms with Crippen LogP contribution in [-0.2, 0) is 11.2 Å². The van der Waals surface area contributed by atoms with Gasteiger partial charge in [-0.15, -0.1) is 0 Å². The van der Waals surface area contributed by atoms with Crippen molar-refractivity contribution in [2.75, 3.05) is 13.9 Å². The SMILES string of the molecule is COCOc1ccc(Cc2ccccc2C(=O)O)c([N+](=O)[O-])c1. The maximum atomic E-state index is 11.3. The van der Waals surface area contributed by atoms with E-state index >= 15 is 0 Å². The summed E-state index contributed by atoms with van der Waals surface area (Å²) in [6.45, 7) is -0.0155. The second kappa shape index (κ2) is 7.37. The standard InChI is InChI=1S/C16H15NO6/c1-22-10-23-13-7-6-12(15(9-13)17(20)21)8-11-4-2-3-5-14(11)16(18)19/h2-7,9H,8,10H2,1H3,(H,18,19). The van der Waals surface area contributed by atoms with Gasteiger partial charge in [0.1, 0.15) is 5.75 Å². The minimum absolute atomic E-state index is 0.0155. The third kappa shape index (κ3) is 4.04. The molecule has 0 atom stereocenters. The molecule has 0 radical (unpaired) electrons. The van der Waals surface area contributed by atoms with Crippen LogP contribution in [-0.4, -0.2) is 29.9 Å². The lowest BCUT2D eigenvalue weighted by Crippen LogP contribution is -2.05. The molecule has 0 amide bonds. The molecule has 0 heterocycles. The number of carboxylic acids is 1. The highest BCUT2D eigenvalue weighted by Gasteiger charge is 2.18. The van der Waals surface area contributed by atoms with E-state index in [1.807, 2.05) is 0 Å². The number of benzene rings is 2. The van der Waals surface area contributed by atoms with Crippen molar-refractivity contribution in [3.05, 3.63) is 69.3 Å². The maximum absolute atomic E-state index is 11.3. The molecule has 2 aromatic rings. The van der Waals surface area contributed by atoms with Crippen molar-refractivity contribution < 1.29 is 24.3 Å². The van der Waals surface area contributed by atoms with Gasteiger partial charge in [0.25, 0.3) is 5.69 Å². The highest BCUT2D eigenvalue weighted by Crippen LogP contribution is 2.27. The lowest BCUT2D eigenvalue weighted by Gasteiger charge is -2.09. The Morgan fingerprint density at radius 2 is 1.96 bits per heavy atom. The maximum Gasteiger partial charge on any atom is 0.335 e. The van der Waals surface area contributed by atoms with Crippen LogP contribution in [0.1, 0.15) is 21.5 Å². The summed E-state index contributed by atoms with van der Waals surface area (Å²) < 4.78 is 9.95. The largest absolute Gasteiger partial charge is 0.478 e. The zero-order valence-electron chi connectivity index (χ0n) is 12.4. The van der Waals surface area contributed by atoms with Crippen LogP contribution in [0.4, 0.5) is 5.69 Å². The molecule has 0 fully saturated rings. The van der Waals surface area contributed by atoms with Gasteiger partial charge in [0.15, 0.2) is 6.79 Å². The number of ether oxygens (including phenoxy) is 2. The topological polar surface area (TPSA) is 98.9 Å². The molecule has 2 rings (SSSR count). The summed E-state index contributed by atoms with van der Waals surface area (Å²) in [4.78, 5) is 22.0. The Morgan fingerprint density at radius 1 is 1.22 bits per heavy atom. The van der Waals surface area contributed by atoms with Gasteiger partial charge in [-0.3, -0.25) is 10.1 Å². The minimum Gasteiger partial charge on any atom is -0.478 e. The fraction of sp³-hybridized carbons (Fsp3) is 0.188. The van der Waals surface area contributed by atoms with Gasteiger partial charge in [-0.25, -0.2) is 4.79 Å². The number of rotatable bonds is 7. The van der Waals surface area contributed by atoms with Crippen LogP contribution in [0.25, 0.3) is 0 Å². The Bertz CT molecular complexity index is 728. The monoisotopic (exact) mass is 317 g/mol. The van der Waals surface area contributed by atoms with Crippen molar-refractivity contribution in [2.24, 2.45) is 0 Å². The molecule has 0 aliphatic heterocycles. The highest BCUT2D eigenvalue weighted by molar-refractivity contribution is 5.89. The fourth-order valence-corrected chi connectivity index (χ4v) is 2.17. The number of aromatic carboxylic acids is 1. The number of hydrogen-bond acceptors (Lipinski definition) is 5. The summed E-state index contributed by atoms with van der Waals surface area (Å²) in [7, 11) is 1.45. The minimum atomic E-state index is -1.07. The first-order valence-corrected chi connectivity index (χ1v) is 6.73. The number of carbonyl (C=O) groups is 1. The molecule has 7 nitrogen and oxygen atoms in total. The Kier molecular flexibility index (Phi) is 5.27. The van der Waals surface area contributed by atoms with Crippen molar-refractivity contribution in [3.8, 4) is 5.75 Å². The highest BCUT2D eigenvalue weighted by atomic mass is 16.7. The van der Waals surface area contributed by atoms with Crippen LogP contribution in [0.3, 0.4) is 0 Å². The first kappa shape index (κ1) is 16.4. The molecule has 0 saturated carbocycles. The molecular formula is C16H15NO6. The summed E-state index contributed by atoms with van der Waals surface area (Å²) in [5.74, 6) is -0.753. The molecule has 1 N–H and O–H groups in total. The van der Waals surface area contributed by atoms with Gasteiger partial charge in [0, 0.05) is 19.1 Å². The lowest BCUT2D eigenvalue weighted by molar-refractivity contribution is -0.385. The van der Waals surface area contributed by atoms with Crippen LogP contribution >= 0.6 is 0 Å². The third-order valence-electron chi connectivity index (χ3n) is 3.23. The Labute approximate surface area is 132 Å². The Morgan fingerprint density at radius 3 is 2.61 bits per heavy atom. The quantitative estimate of drug-likeness (QED) is 0.479. The van der Waals surface area contributed by atoms with Crippen molar-refractivity contribution in [3.63, 3.8) is 0 Å². The van der Waals surface area contributed by atoms with E-state index in [2.05, 4.69) is 0 Å². The van der Waals surface area contributed by atoms with E-state index in [0.29, 0.717) is 16.9 Å². The van der Waals surface area contributed by atoms with Crippen molar-refractivity contribution in [1.29, 1.82) is 0 Å². The fourth-order valence-electron chi connectivity index (χ4n) is 2.17. The Balaban J connectivity index is 2.36. The van der Waals surface area contributed by atoms with Crippen LogP contribution in [0.15, 0.2) is 42.5 Å². The van der Waals surface area contributed by atoms with Crippen molar-refractivity contribution in [1.82, 2.24) is 0 Å². The molecule has 0 unspecified atom stereocenters. The normalized spacial score (nSPS) is 10.3. The van der Waals surface area contributed by atoms with Crippen LogP contribution in [0.2, 0.25) is 0 Å². The molecular weight excluding hydrogens is 302 g/mol. The molecule has 0 aliphatic rings. The second-order valence-electron chi connectivity index (χ2n) is 4.74. The number of nitro benzene ring substituents is 1. The predicted molar refractivity (Wildman–Crippen MR) is 81.8 cm³/mol. The molecule has 120 valence electrons. The van der Waals surface area contributed by atoms with Gasteiger partial charge in [0.05, 0.1) is 16.6 Å². The number of nitro groups is 1. The number of methoxy groups -OCH3 is 1. The molecule has 0 aromatic heterocycles. The van der Waals surface area contributed by atoms with Crippen LogP contribution in [0.5, 0.6) is 5.75 Å². The molecule has 0 bridgehead atoms. The van der Waals surface area contributed by atoms with Crippen molar-refractivity contribution >= 4 is 11.7 Å². The van der Waals surface area contributed by atoms with Gasteiger partial charge in [-0.1, -0.05) is 18.2 Å². The number of carboxylic acid groups (broad SMARTS) is 1. The molecule has 23 heavy (non-hydrogen) atoms. The average Bonchev–Trinajstić information content (AvgIpc) is 2.54. The smallest absolute Gasteiger partial charge is 0.335 e. The first-order chi connectivity index (χ1) is 11.0. The second-order valence-corrected chi connectivity index (χ2v) is 4.74. The zero-order valence-corrected chi connectivity index (χ0v) is 12.4. The van der Waals surface area contributed by atoms with E-state index in [1.54, 1.807) is 30.3 Å². The summed E-state index contributed by atoms with van der Waals surface area (Å²) in [6.07, 6.45) is 0.142. The average molecular weight is 317 g/mol. The van der Waals surface area contributed by atoms with Gasteiger partial charge in [0.2, 0.25) is 0 Å². The van der Waals surface area contributed by atoms with E-state index in [-0.39, 0.29) is 24.5 Å². The summed E-state index contributed by atoms with van der Waals surface area (Å²) in [5.41, 5.74) is 0.919. The van der Waals surface area contributed by atoms with Gasteiger partial charge in [-0.05, 0) is 23.8 Å². The van der Waals surface area contributed by atoms with Crippen LogP contribution < -0.4 is 4.74 Å². The molecule has 2 aromatic carbocycles. The lowest BCUT2D eigenvalue weighted by atomic mass is 9.98. The number of hydrogen-bond donors (Lipinski definition) is 1. The molecule has 0 aliphatic carbocycles. The zero-order chi connectivity index (χ0) is 16.8. The van der Waals surface area contributed by atoms with E-state index in [1.165, 1.54) is 19.2 Å². The Hall–Kier alpha value is -2.93. The van der Waals surface area contributed by atoms with Gasteiger partial charge < -0.3 is 14.6 Å². The molecule has 7 heteroatoms. The van der Waals surface area contributed by atoms with Gasteiger partial charge in [-0.2, -0.15) is 0 Å². The predicted octanol–water partition coefficient (Wildman–Crippen LogP) is 2.87. The molecule has 0 saturated heterocycles. The first-order valence-electron chi connectivity index (χ1n) is 6.73. The van der Waals surface area contributed by atoms with E-state index < -0.39 is 10.9 Å². The summed E-state index contributed by atoms with van der Waals surface area (Å²) >= 11 is 0. The summed E-state index contributed by atoms with van der Waals surface area (Å²) in [5, 5.41) is 20.5. The van der Waals surface area contributed by atoms with E-state index in [4.69, 9.17) is 9.47 Å². The van der Waals surface area contributed by atoms with Crippen LogP contribution in [0, 0.1) is 10.1 Å². The number of nitrogens with zero attached hydrogens (tertiary/aromatic N) is 1. The van der Waals surface area contributed by atoms with Crippen molar-refractivity contribution in [2.45, 2.75) is 6.42 Å². The van der Waals surface area contributed by atoms with Gasteiger partial charge >= 0.3 is 5.97 Å². The third-order valence-corrected chi connectivity index (χ3v) is 3.23. The summed E-state index contributed by atoms with van der Waals surface area (Å²) in [6, 6.07) is 10.9. The molecule has 0 spiro atoms. The van der Waals surface area contributed by atoms with E-state index in [0.717, 1.165) is 0 Å². The van der Waals surface area contributed by atoms with E-state index in [9.17, 15) is 20.0 Å².